The molecule has 0 aliphatic carbocycles. The van der Waals surface area contributed by atoms with Crippen LogP contribution in [0.4, 0.5) is 5.69 Å². The predicted octanol–water partition coefficient (Wildman–Crippen LogP) is 1.66. The third-order valence-corrected chi connectivity index (χ3v) is 4.94. The Hall–Kier alpha value is -2.08. The number of rotatable bonds is 3. The van der Waals surface area contributed by atoms with Crippen molar-refractivity contribution in [3.05, 3.63) is 23.8 Å². The zero-order valence-electron chi connectivity index (χ0n) is 15.5. The monoisotopic (exact) mass is 345 g/mol. The quantitative estimate of drug-likeness (QED) is 0.836. The number of aryl methyl sites for hydroxylation is 1. The first-order valence-electron chi connectivity index (χ1n) is 8.86. The molecule has 0 bridgehead atoms. The molecule has 1 aromatic rings. The van der Waals surface area contributed by atoms with Crippen LogP contribution in [0.25, 0.3) is 0 Å². The van der Waals surface area contributed by atoms with Crippen LogP contribution in [0, 0.1) is 6.92 Å². The molecule has 6 nitrogen and oxygen atoms in total. The van der Waals surface area contributed by atoms with Gasteiger partial charge in [0.1, 0.15) is 5.75 Å². The van der Waals surface area contributed by atoms with Crippen molar-refractivity contribution >= 4 is 17.5 Å². The van der Waals surface area contributed by atoms with Gasteiger partial charge >= 0.3 is 0 Å². The van der Waals surface area contributed by atoms with Crippen LogP contribution < -0.4 is 9.64 Å². The molecule has 1 aromatic carbocycles. The molecule has 2 amide bonds. The second-order valence-electron chi connectivity index (χ2n) is 7.47. The van der Waals surface area contributed by atoms with E-state index in [1.165, 1.54) is 0 Å². The highest BCUT2D eigenvalue weighted by molar-refractivity contribution is 6.02. The molecule has 25 heavy (non-hydrogen) atoms. The van der Waals surface area contributed by atoms with E-state index in [-0.39, 0.29) is 11.8 Å². The zero-order chi connectivity index (χ0) is 18.2. The summed E-state index contributed by atoms with van der Waals surface area (Å²) in [5.74, 6) is 0.707. The Morgan fingerprint density at radius 3 is 2.56 bits per heavy atom. The van der Waals surface area contributed by atoms with Crippen LogP contribution in [0.1, 0.15) is 25.8 Å². The first kappa shape index (κ1) is 17.7. The molecular formula is C19H27N3O3. The Morgan fingerprint density at radius 2 is 1.88 bits per heavy atom. The largest absolute Gasteiger partial charge is 0.476 e. The van der Waals surface area contributed by atoms with Crippen LogP contribution in [0.15, 0.2) is 18.2 Å². The number of hydrogen-bond acceptors (Lipinski definition) is 4. The molecule has 6 heteroatoms. The summed E-state index contributed by atoms with van der Waals surface area (Å²) in [4.78, 5) is 31.2. The highest BCUT2D eigenvalue weighted by Gasteiger charge is 2.41. The summed E-state index contributed by atoms with van der Waals surface area (Å²) < 4.78 is 5.86. The highest BCUT2D eigenvalue weighted by Crippen LogP contribution is 2.38. The van der Waals surface area contributed by atoms with Crippen molar-refractivity contribution in [2.75, 3.05) is 44.7 Å². The minimum absolute atomic E-state index is 0.100. The van der Waals surface area contributed by atoms with Crippen molar-refractivity contribution in [1.29, 1.82) is 0 Å². The number of carbonyl (C=O) groups excluding carboxylic acids is 2. The number of likely N-dealkylation sites (N-methyl/N-ethyl adjacent to an activating group) is 1. The van der Waals surface area contributed by atoms with E-state index >= 15 is 0 Å². The van der Waals surface area contributed by atoms with E-state index in [1.807, 2.05) is 30.0 Å². The number of ether oxygens (including phenoxy) is 1. The number of amides is 2. The maximum Gasteiger partial charge on any atom is 0.270 e. The third-order valence-electron chi connectivity index (χ3n) is 4.94. The van der Waals surface area contributed by atoms with Gasteiger partial charge in [0, 0.05) is 39.1 Å². The maximum atomic E-state index is 12.8. The molecule has 2 aliphatic heterocycles. The highest BCUT2D eigenvalue weighted by atomic mass is 16.5. The van der Waals surface area contributed by atoms with Crippen molar-refractivity contribution in [3.8, 4) is 5.75 Å². The number of anilines is 1. The van der Waals surface area contributed by atoms with E-state index in [2.05, 4.69) is 11.9 Å². The topological polar surface area (TPSA) is 53.1 Å². The van der Waals surface area contributed by atoms with Gasteiger partial charge in [0.05, 0.1) is 5.69 Å². The summed E-state index contributed by atoms with van der Waals surface area (Å²) >= 11 is 0. The Kier molecular flexibility index (Phi) is 4.73. The van der Waals surface area contributed by atoms with E-state index in [4.69, 9.17) is 4.74 Å². The van der Waals surface area contributed by atoms with Gasteiger partial charge in [-0.05, 0) is 45.5 Å². The van der Waals surface area contributed by atoms with Crippen molar-refractivity contribution < 1.29 is 14.3 Å². The third kappa shape index (κ3) is 3.63. The van der Waals surface area contributed by atoms with E-state index in [1.54, 1.807) is 18.7 Å². The first-order valence-corrected chi connectivity index (χ1v) is 8.86. The Labute approximate surface area is 149 Å². The Morgan fingerprint density at radius 1 is 1.20 bits per heavy atom. The lowest BCUT2D eigenvalue weighted by molar-refractivity contribution is -0.134. The average molecular weight is 345 g/mol. The molecular weight excluding hydrogens is 318 g/mol. The smallest absolute Gasteiger partial charge is 0.270 e. The Balaban J connectivity index is 1.73. The molecule has 0 saturated carbocycles. The SMILES string of the molecule is Cc1ccc2c(c1)N(CCC(=O)N1CCN(C)CC1)C(=O)C(C)(C)O2. The predicted molar refractivity (Wildman–Crippen MR) is 96.9 cm³/mol. The molecule has 0 aromatic heterocycles. The van der Waals surface area contributed by atoms with E-state index in [9.17, 15) is 9.59 Å². The van der Waals surface area contributed by atoms with Gasteiger partial charge in [0.25, 0.3) is 5.91 Å². The van der Waals surface area contributed by atoms with E-state index in [0.29, 0.717) is 18.7 Å². The van der Waals surface area contributed by atoms with Gasteiger partial charge in [-0.3, -0.25) is 9.59 Å². The second-order valence-corrected chi connectivity index (χ2v) is 7.47. The molecule has 0 spiro atoms. The van der Waals surface area contributed by atoms with Gasteiger partial charge in [-0.25, -0.2) is 0 Å². The number of fused-ring (bicyclic) bond motifs is 1. The summed E-state index contributed by atoms with van der Waals surface area (Å²) in [6.45, 7) is 9.22. The summed E-state index contributed by atoms with van der Waals surface area (Å²) in [5, 5.41) is 0. The fraction of sp³-hybridized carbons (Fsp3) is 0.579. The fourth-order valence-corrected chi connectivity index (χ4v) is 3.32. The molecule has 1 saturated heterocycles. The molecule has 3 rings (SSSR count). The normalized spacial score (nSPS) is 20.2. The molecule has 0 N–H and O–H groups in total. The molecule has 0 radical (unpaired) electrons. The number of piperazine rings is 1. The molecule has 0 unspecified atom stereocenters. The lowest BCUT2D eigenvalue weighted by atomic mass is 10.0. The molecule has 1 fully saturated rings. The molecule has 2 aliphatic rings. The van der Waals surface area contributed by atoms with Gasteiger partial charge < -0.3 is 19.4 Å². The zero-order valence-corrected chi connectivity index (χ0v) is 15.5. The second kappa shape index (κ2) is 6.67. The number of hydrogen-bond donors (Lipinski definition) is 0. The van der Waals surface area contributed by atoms with Crippen LogP contribution in [-0.4, -0.2) is 67.0 Å². The summed E-state index contributed by atoms with van der Waals surface area (Å²) in [5.41, 5.74) is 0.903. The van der Waals surface area contributed by atoms with E-state index in [0.717, 1.165) is 37.4 Å². The molecule has 136 valence electrons. The Bertz CT molecular complexity index is 678. The van der Waals surface area contributed by atoms with Crippen LogP contribution in [-0.2, 0) is 9.59 Å². The van der Waals surface area contributed by atoms with Crippen LogP contribution >= 0.6 is 0 Å². The summed E-state index contributed by atoms with van der Waals surface area (Å²) in [7, 11) is 2.07. The van der Waals surface area contributed by atoms with Crippen molar-refractivity contribution in [2.45, 2.75) is 32.8 Å². The molecule has 2 heterocycles. The molecule has 0 atom stereocenters. The van der Waals surface area contributed by atoms with Crippen LogP contribution in [0.5, 0.6) is 5.75 Å². The lowest BCUT2D eigenvalue weighted by Crippen LogP contribution is -2.53. The number of benzene rings is 1. The average Bonchev–Trinajstić information content (AvgIpc) is 2.56. The van der Waals surface area contributed by atoms with Crippen LogP contribution in [0.3, 0.4) is 0 Å². The van der Waals surface area contributed by atoms with E-state index < -0.39 is 5.60 Å². The van der Waals surface area contributed by atoms with Crippen molar-refractivity contribution in [3.63, 3.8) is 0 Å². The van der Waals surface area contributed by atoms with Gasteiger partial charge in [0.2, 0.25) is 5.91 Å². The lowest BCUT2D eigenvalue weighted by Gasteiger charge is -2.39. The van der Waals surface area contributed by atoms with Gasteiger partial charge in [-0.15, -0.1) is 0 Å². The summed E-state index contributed by atoms with van der Waals surface area (Å²) in [6.07, 6.45) is 0.332. The van der Waals surface area contributed by atoms with Crippen molar-refractivity contribution in [1.82, 2.24) is 9.80 Å². The van der Waals surface area contributed by atoms with Crippen LogP contribution in [0.2, 0.25) is 0 Å². The fourth-order valence-electron chi connectivity index (χ4n) is 3.32. The number of carbonyl (C=O) groups is 2. The summed E-state index contributed by atoms with van der Waals surface area (Å²) in [6, 6.07) is 5.81. The standard InChI is InChI=1S/C19H27N3O3/c1-14-5-6-16-15(13-14)22(18(24)19(2,3)25-16)8-7-17(23)21-11-9-20(4)10-12-21/h5-6,13H,7-12H2,1-4H3. The first-order chi connectivity index (χ1) is 11.8. The van der Waals surface area contributed by atoms with Gasteiger partial charge in [-0.1, -0.05) is 6.07 Å². The maximum absolute atomic E-state index is 12.8. The van der Waals surface area contributed by atoms with Gasteiger partial charge in [-0.2, -0.15) is 0 Å². The minimum Gasteiger partial charge on any atom is -0.476 e. The number of nitrogens with zero attached hydrogens (tertiary/aromatic N) is 3. The van der Waals surface area contributed by atoms with Crippen molar-refractivity contribution in [2.24, 2.45) is 0 Å². The minimum atomic E-state index is -0.918. The van der Waals surface area contributed by atoms with Gasteiger partial charge in [0.15, 0.2) is 5.60 Å².